The minimum absolute atomic E-state index is 0.0131. The Morgan fingerprint density at radius 1 is 1.33 bits per heavy atom. The molecule has 2 heterocycles. The maximum Gasteiger partial charge on any atom is 0.251 e. The predicted octanol–water partition coefficient (Wildman–Crippen LogP) is 3.60. The van der Waals surface area contributed by atoms with Crippen molar-refractivity contribution < 1.29 is 4.79 Å². The van der Waals surface area contributed by atoms with Crippen LogP contribution in [0, 0.1) is 0 Å². The predicted molar refractivity (Wildman–Crippen MR) is 87.9 cm³/mol. The number of rotatable bonds is 4. The van der Waals surface area contributed by atoms with Gasteiger partial charge < -0.3 is 9.88 Å². The Labute approximate surface area is 128 Å². The minimum Gasteiger partial charge on any atom is -0.351 e. The van der Waals surface area contributed by atoms with Gasteiger partial charge in [0.15, 0.2) is 0 Å². The largest absolute Gasteiger partial charge is 0.351 e. The molecule has 3 rings (SSSR count). The van der Waals surface area contributed by atoms with E-state index < -0.39 is 0 Å². The van der Waals surface area contributed by atoms with Gasteiger partial charge in [0.1, 0.15) is 0 Å². The Morgan fingerprint density at radius 2 is 2.19 bits per heavy atom. The van der Waals surface area contributed by atoms with E-state index in [4.69, 9.17) is 0 Å². The van der Waals surface area contributed by atoms with Crippen LogP contribution in [-0.4, -0.2) is 16.5 Å². The molecule has 3 nitrogen and oxygen atoms in total. The molecule has 0 bridgehead atoms. The summed E-state index contributed by atoms with van der Waals surface area (Å²) in [5, 5.41) is 8.41. The molecular formula is C17H18N2OS. The van der Waals surface area contributed by atoms with Crippen LogP contribution in [0.25, 0.3) is 10.9 Å². The van der Waals surface area contributed by atoms with Crippen LogP contribution in [0.2, 0.25) is 0 Å². The third-order valence-electron chi connectivity index (χ3n) is 3.65. The lowest BCUT2D eigenvalue weighted by molar-refractivity contribution is 0.0940. The number of carbonyl (C=O) groups excluding carboxylic acids is 1. The van der Waals surface area contributed by atoms with Crippen LogP contribution in [0.15, 0.2) is 47.3 Å². The van der Waals surface area contributed by atoms with Gasteiger partial charge in [0.25, 0.3) is 5.91 Å². The van der Waals surface area contributed by atoms with Gasteiger partial charge in [0, 0.05) is 30.4 Å². The van der Waals surface area contributed by atoms with Gasteiger partial charge in [-0.1, -0.05) is 6.07 Å². The number of carbonyl (C=O) groups is 1. The number of benzene rings is 1. The molecule has 0 saturated heterocycles. The van der Waals surface area contributed by atoms with Crippen molar-refractivity contribution in [2.45, 2.75) is 19.4 Å². The first-order chi connectivity index (χ1) is 10.1. The van der Waals surface area contributed by atoms with Crippen LogP contribution < -0.4 is 5.32 Å². The number of aromatic nitrogens is 1. The molecule has 1 atom stereocenters. The highest BCUT2D eigenvalue weighted by Gasteiger charge is 2.11. The van der Waals surface area contributed by atoms with Crippen LogP contribution in [0.3, 0.4) is 0 Å². The average Bonchev–Trinajstić information content (AvgIpc) is 3.09. The van der Waals surface area contributed by atoms with Crippen molar-refractivity contribution in [3.8, 4) is 0 Å². The van der Waals surface area contributed by atoms with Crippen LogP contribution in [0.1, 0.15) is 22.8 Å². The van der Waals surface area contributed by atoms with E-state index in [2.05, 4.69) is 28.2 Å². The maximum absolute atomic E-state index is 12.3. The summed E-state index contributed by atoms with van der Waals surface area (Å²) < 4.78 is 2.03. The molecule has 0 saturated carbocycles. The van der Waals surface area contributed by atoms with E-state index in [1.165, 1.54) is 5.56 Å². The van der Waals surface area contributed by atoms with Crippen molar-refractivity contribution in [3.63, 3.8) is 0 Å². The summed E-state index contributed by atoms with van der Waals surface area (Å²) in [5.41, 5.74) is 3.06. The van der Waals surface area contributed by atoms with Gasteiger partial charge in [0.05, 0.1) is 0 Å². The summed E-state index contributed by atoms with van der Waals surface area (Å²) in [6.45, 7) is 2.04. The normalized spacial score (nSPS) is 12.5. The van der Waals surface area contributed by atoms with Gasteiger partial charge in [-0.25, -0.2) is 0 Å². The summed E-state index contributed by atoms with van der Waals surface area (Å²) >= 11 is 1.69. The topological polar surface area (TPSA) is 34.0 Å². The SMILES string of the molecule is C[C@H](Cc1ccsc1)NC(=O)c1ccc2ccn(C)c2c1. The van der Waals surface area contributed by atoms with Crippen LogP contribution in [0.5, 0.6) is 0 Å². The van der Waals surface area contributed by atoms with Crippen LogP contribution >= 0.6 is 11.3 Å². The number of hydrogen-bond acceptors (Lipinski definition) is 2. The quantitative estimate of drug-likeness (QED) is 0.784. The van der Waals surface area contributed by atoms with Gasteiger partial charge in [-0.15, -0.1) is 0 Å². The summed E-state index contributed by atoms with van der Waals surface area (Å²) in [6.07, 6.45) is 2.87. The lowest BCUT2D eigenvalue weighted by atomic mass is 10.1. The number of nitrogens with one attached hydrogen (secondary N) is 1. The molecule has 0 aliphatic rings. The Hall–Kier alpha value is -2.07. The molecule has 0 fully saturated rings. The molecule has 0 aliphatic carbocycles. The zero-order valence-corrected chi connectivity index (χ0v) is 13.0. The number of hydrogen-bond donors (Lipinski definition) is 1. The highest BCUT2D eigenvalue weighted by Crippen LogP contribution is 2.17. The molecule has 3 aromatic rings. The van der Waals surface area contributed by atoms with Gasteiger partial charge >= 0.3 is 0 Å². The molecule has 1 aromatic carbocycles. The van der Waals surface area contributed by atoms with E-state index in [0.717, 1.165) is 17.3 Å². The number of aryl methyl sites for hydroxylation is 1. The summed E-state index contributed by atoms with van der Waals surface area (Å²) in [5.74, 6) is -0.0131. The molecule has 1 N–H and O–H groups in total. The molecule has 108 valence electrons. The third kappa shape index (κ3) is 3.00. The minimum atomic E-state index is -0.0131. The summed E-state index contributed by atoms with van der Waals surface area (Å²) in [4.78, 5) is 12.3. The second-order valence-corrected chi connectivity index (χ2v) is 6.19. The Morgan fingerprint density at radius 3 is 2.95 bits per heavy atom. The van der Waals surface area contributed by atoms with E-state index in [1.807, 2.05) is 42.9 Å². The van der Waals surface area contributed by atoms with E-state index >= 15 is 0 Å². The number of thiophene rings is 1. The zero-order valence-electron chi connectivity index (χ0n) is 12.2. The number of fused-ring (bicyclic) bond motifs is 1. The fourth-order valence-electron chi connectivity index (χ4n) is 2.52. The first kappa shape index (κ1) is 13.9. The summed E-state index contributed by atoms with van der Waals surface area (Å²) in [6, 6.07) is 10.1. The van der Waals surface area contributed by atoms with Gasteiger partial charge in [-0.2, -0.15) is 11.3 Å². The molecule has 0 unspecified atom stereocenters. The molecule has 0 radical (unpaired) electrons. The van der Waals surface area contributed by atoms with Crippen molar-refractivity contribution in [2.24, 2.45) is 7.05 Å². The van der Waals surface area contributed by atoms with Crippen molar-refractivity contribution in [2.75, 3.05) is 0 Å². The molecule has 4 heteroatoms. The van der Waals surface area contributed by atoms with Gasteiger partial charge in [-0.05, 0) is 59.3 Å². The monoisotopic (exact) mass is 298 g/mol. The fourth-order valence-corrected chi connectivity index (χ4v) is 3.21. The van der Waals surface area contributed by atoms with Crippen molar-refractivity contribution in [3.05, 3.63) is 58.4 Å². The summed E-state index contributed by atoms with van der Waals surface area (Å²) in [7, 11) is 1.99. The van der Waals surface area contributed by atoms with E-state index in [0.29, 0.717) is 5.56 Å². The highest BCUT2D eigenvalue weighted by atomic mass is 32.1. The lowest BCUT2D eigenvalue weighted by Crippen LogP contribution is -2.33. The van der Waals surface area contributed by atoms with E-state index in [1.54, 1.807) is 11.3 Å². The number of nitrogens with zero attached hydrogens (tertiary/aromatic N) is 1. The van der Waals surface area contributed by atoms with Gasteiger partial charge in [0.2, 0.25) is 0 Å². The van der Waals surface area contributed by atoms with E-state index in [9.17, 15) is 4.79 Å². The smallest absolute Gasteiger partial charge is 0.251 e. The maximum atomic E-state index is 12.3. The molecule has 0 aliphatic heterocycles. The van der Waals surface area contributed by atoms with Crippen LogP contribution in [0.4, 0.5) is 0 Å². The third-order valence-corrected chi connectivity index (χ3v) is 4.38. The Kier molecular flexibility index (Phi) is 3.80. The number of amides is 1. The lowest BCUT2D eigenvalue weighted by Gasteiger charge is -2.13. The standard InChI is InChI=1S/C17H18N2OS/c1-12(9-13-6-8-21-11-13)18-17(20)15-4-3-14-5-7-19(2)16(14)10-15/h3-8,10-12H,9H2,1-2H3,(H,18,20)/t12-/m1/s1. The zero-order chi connectivity index (χ0) is 14.8. The first-order valence-electron chi connectivity index (χ1n) is 7.00. The second-order valence-electron chi connectivity index (χ2n) is 5.41. The Balaban J connectivity index is 1.72. The Bertz CT molecular complexity index is 758. The van der Waals surface area contributed by atoms with Crippen molar-refractivity contribution >= 4 is 28.1 Å². The van der Waals surface area contributed by atoms with Crippen LogP contribution in [-0.2, 0) is 13.5 Å². The van der Waals surface area contributed by atoms with Crippen molar-refractivity contribution in [1.82, 2.24) is 9.88 Å². The average molecular weight is 298 g/mol. The van der Waals surface area contributed by atoms with E-state index in [-0.39, 0.29) is 11.9 Å². The molecule has 0 spiro atoms. The van der Waals surface area contributed by atoms with Gasteiger partial charge in [-0.3, -0.25) is 4.79 Å². The highest BCUT2D eigenvalue weighted by molar-refractivity contribution is 7.07. The second kappa shape index (κ2) is 5.74. The fraction of sp³-hybridized carbons (Fsp3) is 0.235. The molecule has 2 aromatic heterocycles. The molecule has 21 heavy (non-hydrogen) atoms. The first-order valence-corrected chi connectivity index (χ1v) is 7.95. The molecular weight excluding hydrogens is 280 g/mol. The van der Waals surface area contributed by atoms with Crippen molar-refractivity contribution in [1.29, 1.82) is 0 Å². The molecule has 1 amide bonds.